The first-order valence-corrected chi connectivity index (χ1v) is 6.98. The zero-order valence-electron chi connectivity index (χ0n) is 12.4. The average molecular weight is 271 g/mol. The van der Waals surface area contributed by atoms with E-state index in [1.54, 1.807) is 0 Å². The Morgan fingerprint density at radius 3 is 1.75 bits per heavy atom. The molecule has 0 aliphatic carbocycles. The molecule has 0 amide bonds. The van der Waals surface area contributed by atoms with Crippen molar-refractivity contribution in [2.45, 2.75) is 32.1 Å². The van der Waals surface area contributed by atoms with E-state index in [0.717, 1.165) is 5.56 Å². The minimum absolute atomic E-state index is 0.115. The van der Waals surface area contributed by atoms with Crippen LogP contribution in [0.3, 0.4) is 0 Å². The normalized spacial score (nSPS) is 13.2. The SMILES string of the molecule is CC(C)(C)c1ccc(C(CN)c2ccc(F)cc2)cc1. The molecule has 2 aromatic carbocycles. The average Bonchev–Trinajstić information content (AvgIpc) is 2.41. The van der Waals surface area contributed by atoms with Gasteiger partial charge >= 0.3 is 0 Å². The van der Waals surface area contributed by atoms with Gasteiger partial charge in [0.25, 0.3) is 0 Å². The monoisotopic (exact) mass is 271 g/mol. The van der Waals surface area contributed by atoms with Gasteiger partial charge in [0.2, 0.25) is 0 Å². The van der Waals surface area contributed by atoms with Crippen LogP contribution in [0, 0.1) is 5.82 Å². The molecule has 1 atom stereocenters. The fraction of sp³-hybridized carbons (Fsp3) is 0.333. The number of benzene rings is 2. The van der Waals surface area contributed by atoms with Gasteiger partial charge in [0.05, 0.1) is 0 Å². The Labute approximate surface area is 120 Å². The highest BCUT2D eigenvalue weighted by Gasteiger charge is 2.16. The molecule has 0 spiro atoms. The van der Waals surface area contributed by atoms with Crippen LogP contribution in [0.4, 0.5) is 4.39 Å². The topological polar surface area (TPSA) is 26.0 Å². The molecule has 0 radical (unpaired) electrons. The summed E-state index contributed by atoms with van der Waals surface area (Å²) in [6.45, 7) is 7.10. The molecule has 0 aliphatic heterocycles. The lowest BCUT2D eigenvalue weighted by atomic mass is 9.84. The van der Waals surface area contributed by atoms with Crippen molar-refractivity contribution >= 4 is 0 Å². The molecule has 0 aliphatic rings. The molecule has 0 saturated carbocycles. The predicted molar refractivity (Wildman–Crippen MR) is 82.4 cm³/mol. The van der Waals surface area contributed by atoms with Crippen molar-refractivity contribution in [2.75, 3.05) is 6.54 Å². The zero-order chi connectivity index (χ0) is 14.8. The molecular weight excluding hydrogens is 249 g/mol. The van der Waals surface area contributed by atoms with Gasteiger partial charge in [-0.2, -0.15) is 0 Å². The van der Waals surface area contributed by atoms with E-state index < -0.39 is 0 Å². The molecule has 2 heteroatoms. The Kier molecular flexibility index (Phi) is 4.24. The van der Waals surface area contributed by atoms with Crippen LogP contribution in [-0.4, -0.2) is 6.54 Å². The second-order valence-electron chi connectivity index (χ2n) is 6.21. The van der Waals surface area contributed by atoms with Crippen LogP contribution in [0.2, 0.25) is 0 Å². The molecule has 0 aromatic heterocycles. The molecule has 0 saturated heterocycles. The van der Waals surface area contributed by atoms with Gasteiger partial charge in [0.1, 0.15) is 5.82 Å². The van der Waals surface area contributed by atoms with E-state index in [1.807, 2.05) is 12.1 Å². The van der Waals surface area contributed by atoms with Crippen molar-refractivity contribution in [1.29, 1.82) is 0 Å². The van der Waals surface area contributed by atoms with E-state index in [0.29, 0.717) is 6.54 Å². The van der Waals surface area contributed by atoms with E-state index in [-0.39, 0.29) is 17.2 Å². The van der Waals surface area contributed by atoms with Crippen LogP contribution >= 0.6 is 0 Å². The van der Waals surface area contributed by atoms with E-state index in [9.17, 15) is 4.39 Å². The molecule has 2 N–H and O–H groups in total. The Morgan fingerprint density at radius 1 is 0.900 bits per heavy atom. The second kappa shape index (κ2) is 5.76. The third-order valence-electron chi connectivity index (χ3n) is 3.69. The van der Waals surface area contributed by atoms with E-state index in [1.165, 1.54) is 23.3 Å². The quantitative estimate of drug-likeness (QED) is 0.889. The molecule has 2 rings (SSSR count). The van der Waals surface area contributed by atoms with Gasteiger partial charge in [-0.1, -0.05) is 57.2 Å². The van der Waals surface area contributed by atoms with Gasteiger partial charge < -0.3 is 5.73 Å². The van der Waals surface area contributed by atoms with Crippen LogP contribution in [0.5, 0.6) is 0 Å². The Balaban J connectivity index is 2.30. The van der Waals surface area contributed by atoms with E-state index in [2.05, 4.69) is 45.0 Å². The highest BCUT2D eigenvalue weighted by Crippen LogP contribution is 2.27. The van der Waals surface area contributed by atoms with Crippen molar-refractivity contribution in [3.8, 4) is 0 Å². The smallest absolute Gasteiger partial charge is 0.123 e. The fourth-order valence-electron chi connectivity index (χ4n) is 2.38. The van der Waals surface area contributed by atoms with E-state index >= 15 is 0 Å². The largest absolute Gasteiger partial charge is 0.330 e. The minimum atomic E-state index is -0.215. The van der Waals surface area contributed by atoms with Crippen LogP contribution in [0.1, 0.15) is 43.4 Å². The molecule has 20 heavy (non-hydrogen) atoms. The molecular formula is C18H22FN. The lowest BCUT2D eigenvalue weighted by Gasteiger charge is -2.21. The highest BCUT2D eigenvalue weighted by molar-refractivity contribution is 5.36. The third kappa shape index (κ3) is 3.26. The zero-order valence-corrected chi connectivity index (χ0v) is 12.4. The van der Waals surface area contributed by atoms with Crippen LogP contribution in [0.15, 0.2) is 48.5 Å². The number of hydrogen-bond acceptors (Lipinski definition) is 1. The van der Waals surface area contributed by atoms with Crippen LogP contribution in [-0.2, 0) is 5.41 Å². The molecule has 0 heterocycles. The fourth-order valence-corrected chi connectivity index (χ4v) is 2.38. The molecule has 0 bridgehead atoms. The van der Waals surface area contributed by atoms with Gasteiger partial charge in [0, 0.05) is 12.5 Å². The van der Waals surface area contributed by atoms with Crippen LogP contribution < -0.4 is 5.73 Å². The highest BCUT2D eigenvalue weighted by atomic mass is 19.1. The molecule has 2 aromatic rings. The van der Waals surface area contributed by atoms with Gasteiger partial charge in [0.15, 0.2) is 0 Å². The second-order valence-corrected chi connectivity index (χ2v) is 6.21. The summed E-state index contributed by atoms with van der Waals surface area (Å²) < 4.78 is 13.0. The van der Waals surface area contributed by atoms with Crippen molar-refractivity contribution in [3.05, 3.63) is 71.0 Å². The number of rotatable bonds is 3. The van der Waals surface area contributed by atoms with Crippen molar-refractivity contribution in [1.82, 2.24) is 0 Å². The Morgan fingerprint density at radius 2 is 1.35 bits per heavy atom. The van der Waals surface area contributed by atoms with Gasteiger partial charge in [-0.3, -0.25) is 0 Å². The summed E-state index contributed by atoms with van der Waals surface area (Å²) in [5.41, 5.74) is 9.58. The summed E-state index contributed by atoms with van der Waals surface area (Å²) in [6, 6.07) is 15.2. The van der Waals surface area contributed by atoms with Gasteiger partial charge in [-0.05, 0) is 34.2 Å². The molecule has 0 fully saturated rings. The summed E-state index contributed by atoms with van der Waals surface area (Å²) in [5.74, 6) is -0.0998. The molecule has 1 unspecified atom stereocenters. The summed E-state index contributed by atoms with van der Waals surface area (Å²) in [7, 11) is 0. The lowest BCUT2D eigenvalue weighted by Crippen LogP contribution is -2.15. The maximum atomic E-state index is 13.0. The lowest BCUT2D eigenvalue weighted by molar-refractivity contribution is 0.589. The van der Waals surface area contributed by atoms with Crippen molar-refractivity contribution in [3.63, 3.8) is 0 Å². The summed E-state index contributed by atoms with van der Waals surface area (Å²) in [4.78, 5) is 0. The van der Waals surface area contributed by atoms with Crippen LogP contribution in [0.25, 0.3) is 0 Å². The summed E-state index contributed by atoms with van der Waals surface area (Å²) in [6.07, 6.45) is 0. The van der Waals surface area contributed by atoms with Gasteiger partial charge in [-0.15, -0.1) is 0 Å². The third-order valence-corrected chi connectivity index (χ3v) is 3.69. The first-order valence-electron chi connectivity index (χ1n) is 6.98. The number of nitrogens with two attached hydrogens (primary N) is 1. The molecule has 106 valence electrons. The Bertz CT molecular complexity index is 549. The summed E-state index contributed by atoms with van der Waals surface area (Å²) >= 11 is 0. The number of hydrogen-bond donors (Lipinski definition) is 1. The first-order chi connectivity index (χ1) is 9.41. The number of halogens is 1. The first kappa shape index (κ1) is 14.7. The minimum Gasteiger partial charge on any atom is -0.330 e. The summed E-state index contributed by atoms with van der Waals surface area (Å²) in [5, 5.41) is 0. The standard InChI is InChI=1S/C18H22FN/c1-18(2,3)15-8-4-13(5-9-15)17(12-20)14-6-10-16(19)11-7-14/h4-11,17H,12,20H2,1-3H3. The van der Waals surface area contributed by atoms with E-state index in [4.69, 9.17) is 5.73 Å². The van der Waals surface area contributed by atoms with Gasteiger partial charge in [-0.25, -0.2) is 4.39 Å². The Hall–Kier alpha value is -1.67. The maximum absolute atomic E-state index is 13.0. The predicted octanol–water partition coefficient (Wildman–Crippen LogP) is 4.21. The van der Waals surface area contributed by atoms with Crippen molar-refractivity contribution in [2.24, 2.45) is 5.73 Å². The molecule has 1 nitrogen and oxygen atoms in total. The maximum Gasteiger partial charge on any atom is 0.123 e. The van der Waals surface area contributed by atoms with Crippen molar-refractivity contribution < 1.29 is 4.39 Å².